The van der Waals surface area contributed by atoms with Crippen LogP contribution in [0.3, 0.4) is 0 Å². The van der Waals surface area contributed by atoms with E-state index in [0.717, 1.165) is 10.9 Å². The van der Waals surface area contributed by atoms with Crippen LogP contribution in [0.15, 0.2) is 52.2 Å². The highest BCUT2D eigenvalue weighted by atomic mass is 127. The highest BCUT2D eigenvalue weighted by Crippen LogP contribution is 2.16. The molecular formula is C19H24BrFIN5O. The Morgan fingerprint density at radius 1 is 1.18 bits per heavy atom. The van der Waals surface area contributed by atoms with E-state index < -0.39 is 0 Å². The van der Waals surface area contributed by atoms with Crippen molar-refractivity contribution in [2.75, 3.05) is 26.7 Å². The number of guanidine groups is 1. The Hall–Kier alpha value is -1.75. The number of halogens is 3. The number of carbonyl (C=O) groups excluding carboxylic acids is 1. The first-order chi connectivity index (χ1) is 13.1. The Bertz CT molecular complexity index is 776. The SMILES string of the molecule is CN=C(NCCCc1ccc(Br)cc1F)NCCNC(=O)c1cccnc1.I. The predicted molar refractivity (Wildman–Crippen MR) is 124 cm³/mol. The molecule has 1 heterocycles. The smallest absolute Gasteiger partial charge is 0.252 e. The van der Waals surface area contributed by atoms with Crippen molar-refractivity contribution in [2.24, 2.45) is 4.99 Å². The second kappa shape index (κ2) is 13.4. The van der Waals surface area contributed by atoms with Crippen LogP contribution < -0.4 is 16.0 Å². The van der Waals surface area contributed by atoms with E-state index in [1.165, 1.54) is 12.3 Å². The molecule has 1 aromatic carbocycles. The molecule has 3 N–H and O–H groups in total. The van der Waals surface area contributed by atoms with Gasteiger partial charge in [-0.25, -0.2) is 4.39 Å². The summed E-state index contributed by atoms with van der Waals surface area (Å²) in [5.41, 5.74) is 1.22. The standard InChI is InChI=1S/C19H23BrFN5O.HI/c1-22-19(25-9-3-4-14-6-7-16(20)12-17(14)21)26-11-10-24-18(27)15-5-2-8-23-13-15;/h2,5-8,12-13H,3-4,9-11H2,1H3,(H,24,27)(H2,22,25,26);1H. The molecule has 0 saturated carbocycles. The molecule has 1 aromatic heterocycles. The molecule has 0 atom stereocenters. The van der Waals surface area contributed by atoms with Gasteiger partial charge in [-0.1, -0.05) is 22.0 Å². The van der Waals surface area contributed by atoms with Gasteiger partial charge in [-0.15, -0.1) is 24.0 Å². The summed E-state index contributed by atoms with van der Waals surface area (Å²) in [6.45, 7) is 1.66. The Kier molecular flexibility index (Phi) is 11.7. The normalized spacial score (nSPS) is 10.8. The van der Waals surface area contributed by atoms with Gasteiger partial charge in [-0.05, 0) is 42.7 Å². The topological polar surface area (TPSA) is 78.4 Å². The number of pyridine rings is 1. The number of carbonyl (C=O) groups is 1. The average molecular weight is 564 g/mol. The molecule has 0 unspecified atom stereocenters. The fraction of sp³-hybridized carbons (Fsp3) is 0.316. The van der Waals surface area contributed by atoms with Crippen molar-refractivity contribution in [2.45, 2.75) is 12.8 Å². The molecule has 6 nitrogen and oxygen atoms in total. The first-order valence-electron chi connectivity index (χ1n) is 8.67. The third-order valence-electron chi connectivity index (χ3n) is 3.78. The summed E-state index contributed by atoms with van der Waals surface area (Å²) in [7, 11) is 1.68. The lowest BCUT2D eigenvalue weighted by Crippen LogP contribution is -2.41. The van der Waals surface area contributed by atoms with Gasteiger partial charge in [0.15, 0.2) is 5.96 Å². The molecular weight excluding hydrogens is 540 g/mol. The van der Waals surface area contributed by atoms with E-state index in [1.54, 1.807) is 31.4 Å². The van der Waals surface area contributed by atoms with Crippen molar-refractivity contribution in [1.82, 2.24) is 20.9 Å². The summed E-state index contributed by atoms with van der Waals surface area (Å²) in [5.74, 6) is 0.280. The maximum atomic E-state index is 13.8. The molecule has 0 aliphatic carbocycles. The summed E-state index contributed by atoms with van der Waals surface area (Å²) in [5, 5.41) is 9.11. The number of aryl methyl sites for hydroxylation is 1. The van der Waals surface area contributed by atoms with Crippen molar-refractivity contribution in [1.29, 1.82) is 0 Å². The Morgan fingerprint density at radius 3 is 2.61 bits per heavy atom. The molecule has 9 heteroatoms. The van der Waals surface area contributed by atoms with Crippen molar-refractivity contribution in [3.05, 3.63) is 64.1 Å². The van der Waals surface area contributed by atoms with E-state index in [1.807, 2.05) is 6.07 Å². The highest BCUT2D eigenvalue weighted by Gasteiger charge is 2.05. The molecule has 0 fully saturated rings. The van der Waals surface area contributed by atoms with Crippen LogP contribution >= 0.6 is 39.9 Å². The van der Waals surface area contributed by atoms with E-state index in [-0.39, 0.29) is 35.7 Å². The van der Waals surface area contributed by atoms with Gasteiger partial charge >= 0.3 is 0 Å². The van der Waals surface area contributed by atoms with Gasteiger partial charge in [-0.2, -0.15) is 0 Å². The summed E-state index contributed by atoms with van der Waals surface area (Å²) >= 11 is 3.25. The maximum absolute atomic E-state index is 13.8. The van der Waals surface area contributed by atoms with Crippen LogP contribution in [0.5, 0.6) is 0 Å². The van der Waals surface area contributed by atoms with Crippen LogP contribution in [0.4, 0.5) is 4.39 Å². The van der Waals surface area contributed by atoms with Crippen LogP contribution in [-0.4, -0.2) is 43.5 Å². The van der Waals surface area contributed by atoms with E-state index >= 15 is 0 Å². The fourth-order valence-corrected chi connectivity index (χ4v) is 2.72. The number of nitrogens with one attached hydrogen (secondary N) is 3. The third-order valence-corrected chi connectivity index (χ3v) is 4.27. The van der Waals surface area contributed by atoms with Gasteiger partial charge < -0.3 is 16.0 Å². The predicted octanol–water partition coefficient (Wildman–Crippen LogP) is 3.13. The molecule has 0 spiro atoms. The van der Waals surface area contributed by atoms with E-state index in [0.29, 0.717) is 43.1 Å². The molecule has 2 aromatic rings. The summed E-state index contributed by atoms with van der Waals surface area (Å²) < 4.78 is 14.5. The van der Waals surface area contributed by atoms with Gasteiger partial charge in [0.05, 0.1) is 5.56 Å². The zero-order chi connectivity index (χ0) is 19.5. The second-order valence-electron chi connectivity index (χ2n) is 5.76. The van der Waals surface area contributed by atoms with Gasteiger partial charge in [0.1, 0.15) is 5.82 Å². The van der Waals surface area contributed by atoms with Crippen molar-refractivity contribution in [3.63, 3.8) is 0 Å². The van der Waals surface area contributed by atoms with E-state index in [4.69, 9.17) is 0 Å². The van der Waals surface area contributed by atoms with Crippen LogP contribution in [0.1, 0.15) is 22.3 Å². The monoisotopic (exact) mass is 563 g/mol. The van der Waals surface area contributed by atoms with E-state index in [2.05, 4.69) is 41.9 Å². The lowest BCUT2D eigenvalue weighted by atomic mass is 10.1. The lowest BCUT2D eigenvalue weighted by molar-refractivity contribution is 0.0954. The van der Waals surface area contributed by atoms with Crippen LogP contribution in [-0.2, 0) is 6.42 Å². The zero-order valence-electron chi connectivity index (χ0n) is 15.5. The number of nitrogens with zero attached hydrogens (tertiary/aromatic N) is 2. The number of aliphatic imine (C=N–C) groups is 1. The number of amides is 1. The minimum absolute atomic E-state index is 0. The van der Waals surface area contributed by atoms with Crippen molar-refractivity contribution in [3.8, 4) is 0 Å². The van der Waals surface area contributed by atoms with Gasteiger partial charge in [0, 0.05) is 43.5 Å². The molecule has 0 bridgehead atoms. The number of hydrogen-bond donors (Lipinski definition) is 3. The molecule has 1 amide bonds. The second-order valence-corrected chi connectivity index (χ2v) is 6.68. The van der Waals surface area contributed by atoms with Gasteiger partial charge in [-0.3, -0.25) is 14.8 Å². The molecule has 2 rings (SSSR count). The summed E-state index contributed by atoms with van der Waals surface area (Å²) in [6, 6.07) is 8.54. The zero-order valence-corrected chi connectivity index (χ0v) is 19.5. The van der Waals surface area contributed by atoms with Gasteiger partial charge in [0.25, 0.3) is 5.91 Å². The Labute approximate surface area is 190 Å². The first kappa shape index (κ1) is 24.3. The molecule has 152 valence electrons. The van der Waals surface area contributed by atoms with Crippen LogP contribution in [0, 0.1) is 5.82 Å². The number of rotatable bonds is 8. The Morgan fingerprint density at radius 2 is 1.93 bits per heavy atom. The number of benzene rings is 1. The maximum Gasteiger partial charge on any atom is 0.252 e. The number of aromatic nitrogens is 1. The van der Waals surface area contributed by atoms with Crippen LogP contribution in [0.25, 0.3) is 0 Å². The minimum Gasteiger partial charge on any atom is -0.356 e. The summed E-state index contributed by atoms with van der Waals surface area (Å²) in [4.78, 5) is 19.9. The van der Waals surface area contributed by atoms with Crippen molar-refractivity contribution >= 4 is 51.8 Å². The quantitative estimate of drug-likeness (QED) is 0.200. The first-order valence-corrected chi connectivity index (χ1v) is 9.46. The fourth-order valence-electron chi connectivity index (χ4n) is 2.39. The molecule has 0 aliphatic heterocycles. The molecule has 0 radical (unpaired) electrons. The molecule has 28 heavy (non-hydrogen) atoms. The van der Waals surface area contributed by atoms with Gasteiger partial charge in [0.2, 0.25) is 0 Å². The van der Waals surface area contributed by atoms with Crippen molar-refractivity contribution < 1.29 is 9.18 Å². The minimum atomic E-state index is -0.198. The average Bonchev–Trinajstić information content (AvgIpc) is 2.68. The van der Waals surface area contributed by atoms with E-state index in [9.17, 15) is 9.18 Å². The molecule has 0 saturated heterocycles. The lowest BCUT2D eigenvalue weighted by Gasteiger charge is -2.12. The Balaban J connectivity index is 0.00000392. The third kappa shape index (κ3) is 8.51. The van der Waals surface area contributed by atoms with Crippen LogP contribution in [0.2, 0.25) is 0 Å². The highest BCUT2D eigenvalue weighted by molar-refractivity contribution is 14.0. The summed E-state index contributed by atoms with van der Waals surface area (Å²) in [6.07, 6.45) is 4.57. The number of hydrogen-bond acceptors (Lipinski definition) is 3. The molecule has 0 aliphatic rings. The largest absolute Gasteiger partial charge is 0.356 e.